The average Bonchev–Trinajstić information content (AvgIpc) is 3.47. The fourth-order valence-corrected chi connectivity index (χ4v) is 8.24. The van der Waals surface area contributed by atoms with Gasteiger partial charge in [0.1, 0.15) is 11.3 Å². The summed E-state index contributed by atoms with van der Waals surface area (Å²) in [6.45, 7) is 8.50. The van der Waals surface area contributed by atoms with Crippen LogP contribution in [0.2, 0.25) is 0 Å². The zero-order chi connectivity index (χ0) is 33.9. The molecule has 3 aliphatic rings. The fourth-order valence-electron chi connectivity index (χ4n) is 6.92. The van der Waals surface area contributed by atoms with Gasteiger partial charge in [-0.2, -0.15) is 0 Å². The molecular formula is C37H38N6O5S. The van der Waals surface area contributed by atoms with E-state index in [1.807, 2.05) is 42.2 Å². The standard InChI is InChI=1S/C37H38N6O5S/c1-25-4-11-29(12-5-25)49(45,46)43-20-30(26-6-8-27(9-7-26)36(44)42-21-37(22-42)23-48-24-37)34-35(43)38-19-31(39-34)28-10-13-32(33(18-28)47-3)41-16-14-40(2)15-17-41/h4-13,18-20H,14-17,21-24H2,1-3H3. The highest BCUT2D eigenvalue weighted by Gasteiger charge is 2.50. The molecule has 5 aromatic rings. The maximum Gasteiger partial charge on any atom is 0.269 e. The molecule has 2 aromatic heterocycles. The number of carbonyl (C=O) groups is 1. The van der Waals surface area contributed by atoms with Gasteiger partial charge in [0, 0.05) is 62.2 Å². The minimum atomic E-state index is -4.00. The van der Waals surface area contributed by atoms with Crippen LogP contribution in [-0.4, -0.2) is 105 Å². The lowest BCUT2D eigenvalue weighted by Crippen LogP contribution is -2.67. The first kappa shape index (κ1) is 31.5. The van der Waals surface area contributed by atoms with E-state index in [1.165, 1.54) is 3.97 Å². The van der Waals surface area contributed by atoms with Gasteiger partial charge in [-0.3, -0.25) is 4.79 Å². The molecule has 12 heteroatoms. The quantitative estimate of drug-likeness (QED) is 0.245. The number of aromatic nitrogens is 3. The van der Waals surface area contributed by atoms with Crippen LogP contribution in [0, 0.1) is 12.3 Å². The molecule has 5 heterocycles. The highest BCUT2D eigenvalue weighted by molar-refractivity contribution is 7.90. The predicted octanol–water partition coefficient (Wildman–Crippen LogP) is 4.54. The molecule has 49 heavy (non-hydrogen) atoms. The number of carbonyl (C=O) groups excluding carboxylic acids is 1. The number of hydrogen-bond donors (Lipinski definition) is 0. The maximum atomic E-state index is 14.0. The summed E-state index contributed by atoms with van der Waals surface area (Å²) in [5.74, 6) is 0.714. The second-order valence-electron chi connectivity index (χ2n) is 13.5. The summed E-state index contributed by atoms with van der Waals surface area (Å²) in [6.07, 6.45) is 3.18. The van der Waals surface area contributed by atoms with Gasteiger partial charge in [0.25, 0.3) is 15.9 Å². The van der Waals surface area contributed by atoms with Crippen LogP contribution in [0.3, 0.4) is 0 Å². The maximum absolute atomic E-state index is 14.0. The molecule has 0 saturated carbocycles. The highest BCUT2D eigenvalue weighted by atomic mass is 32.2. The minimum Gasteiger partial charge on any atom is -0.495 e. The second kappa shape index (κ2) is 12.0. The summed E-state index contributed by atoms with van der Waals surface area (Å²) in [7, 11) is -0.211. The Kier molecular flexibility index (Phi) is 7.69. The van der Waals surface area contributed by atoms with Crippen molar-refractivity contribution in [3.8, 4) is 28.1 Å². The topological polar surface area (TPSA) is 110 Å². The number of piperazine rings is 1. The van der Waals surface area contributed by atoms with E-state index in [4.69, 9.17) is 19.4 Å². The Morgan fingerprint density at radius 3 is 2.27 bits per heavy atom. The van der Waals surface area contributed by atoms with E-state index in [-0.39, 0.29) is 21.9 Å². The molecule has 3 saturated heterocycles. The van der Waals surface area contributed by atoms with E-state index < -0.39 is 10.0 Å². The Bertz CT molecular complexity index is 2160. The first-order valence-corrected chi connectivity index (χ1v) is 17.9. The molecule has 3 aliphatic heterocycles. The van der Waals surface area contributed by atoms with Gasteiger partial charge in [-0.15, -0.1) is 0 Å². The van der Waals surface area contributed by atoms with Crippen LogP contribution in [0.4, 0.5) is 5.69 Å². The Morgan fingerprint density at radius 2 is 1.61 bits per heavy atom. The van der Waals surface area contributed by atoms with Crippen molar-refractivity contribution in [2.24, 2.45) is 5.41 Å². The summed E-state index contributed by atoms with van der Waals surface area (Å²) in [5.41, 5.74) is 6.04. The zero-order valence-electron chi connectivity index (χ0n) is 27.8. The van der Waals surface area contributed by atoms with E-state index in [9.17, 15) is 13.2 Å². The Morgan fingerprint density at radius 1 is 0.918 bits per heavy atom. The monoisotopic (exact) mass is 678 g/mol. The van der Waals surface area contributed by atoms with Crippen molar-refractivity contribution in [2.45, 2.75) is 11.8 Å². The van der Waals surface area contributed by atoms with Gasteiger partial charge in [-0.1, -0.05) is 35.9 Å². The zero-order valence-corrected chi connectivity index (χ0v) is 28.6. The van der Waals surface area contributed by atoms with Gasteiger partial charge in [-0.25, -0.2) is 22.4 Å². The van der Waals surface area contributed by atoms with Gasteiger partial charge in [-0.05, 0) is 55.9 Å². The fraction of sp³-hybridized carbons (Fsp3) is 0.324. The molecule has 3 aromatic carbocycles. The van der Waals surface area contributed by atoms with Crippen LogP contribution in [0.5, 0.6) is 5.75 Å². The number of likely N-dealkylation sites (tertiary alicyclic amines) is 1. The third-order valence-electron chi connectivity index (χ3n) is 9.96. The minimum absolute atomic E-state index is 0.0236. The predicted molar refractivity (Wildman–Crippen MR) is 188 cm³/mol. The molecule has 0 unspecified atom stereocenters. The average molecular weight is 679 g/mol. The summed E-state index contributed by atoms with van der Waals surface area (Å²) < 4.78 is 40.4. The van der Waals surface area contributed by atoms with Crippen molar-refractivity contribution in [3.05, 3.63) is 90.3 Å². The molecular weight excluding hydrogens is 641 g/mol. The molecule has 11 nitrogen and oxygen atoms in total. The van der Waals surface area contributed by atoms with Crippen LogP contribution >= 0.6 is 0 Å². The van der Waals surface area contributed by atoms with Gasteiger partial charge in [0.15, 0.2) is 5.65 Å². The van der Waals surface area contributed by atoms with Crippen molar-refractivity contribution in [2.75, 3.05) is 71.5 Å². The Hall–Kier alpha value is -4.78. The molecule has 1 amide bonds. The number of fused-ring (bicyclic) bond motifs is 1. The molecule has 0 bridgehead atoms. The van der Waals surface area contributed by atoms with E-state index >= 15 is 0 Å². The lowest BCUT2D eigenvalue weighted by atomic mass is 9.78. The van der Waals surface area contributed by atoms with E-state index in [0.29, 0.717) is 48.6 Å². The lowest BCUT2D eigenvalue weighted by molar-refractivity contribution is -0.176. The Balaban J connectivity index is 1.18. The molecule has 1 spiro atoms. The summed E-state index contributed by atoms with van der Waals surface area (Å²) >= 11 is 0. The third kappa shape index (κ3) is 5.53. The number of methoxy groups -OCH3 is 1. The van der Waals surface area contributed by atoms with Crippen LogP contribution < -0.4 is 9.64 Å². The smallest absolute Gasteiger partial charge is 0.269 e. The molecule has 0 aliphatic carbocycles. The molecule has 8 rings (SSSR count). The summed E-state index contributed by atoms with van der Waals surface area (Å²) in [4.78, 5) is 29.5. The van der Waals surface area contributed by atoms with Crippen molar-refractivity contribution in [3.63, 3.8) is 0 Å². The number of likely N-dealkylation sites (N-methyl/N-ethyl adjacent to an activating group) is 1. The van der Waals surface area contributed by atoms with E-state index in [2.05, 4.69) is 16.8 Å². The largest absolute Gasteiger partial charge is 0.495 e. The number of rotatable bonds is 7. The van der Waals surface area contributed by atoms with Crippen molar-refractivity contribution in [1.29, 1.82) is 0 Å². The van der Waals surface area contributed by atoms with Crippen LogP contribution in [0.25, 0.3) is 33.5 Å². The van der Waals surface area contributed by atoms with Crippen LogP contribution in [0.1, 0.15) is 15.9 Å². The van der Waals surface area contributed by atoms with Crippen molar-refractivity contribution < 1.29 is 22.7 Å². The summed E-state index contributed by atoms with van der Waals surface area (Å²) in [6, 6.07) is 20.0. The molecule has 0 radical (unpaired) electrons. The first-order valence-electron chi connectivity index (χ1n) is 16.4. The van der Waals surface area contributed by atoms with E-state index in [0.717, 1.165) is 54.3 Å². The summed E-state index contributed by atoms with van der Waals surface area (Å²) in [5, 5.41) is 0. The second-order valence-corrected chi connectivity index (χ2v) is 15.3. The van der Waals surface area contributed by atoms with Gasteiger partial charge >= 0.3 is 0 Å². The molecule has 252 valence electrons. The van der Waals surface area contributed by atoms with Crippen LogP contribution in [-0.2, 0) is 14.8 Å². The highest BCUT2D eigenvalue weighted by Crippen LogP contribution is 2.39. The number of hydrogen-bond acceptors (Lipinski definition) is 9. The molecule has 3 fully saturated rings. The van der Waals surface area contributed by atoms with Crippen molar-refractivity contribution in [1.82, 2.24) is 23.7 Å². The van der Waals surface area contributed by atoms with Crippen molar-refractivity contribution >= 4 is 32.8 Å². The van der Waals surface area contributed by atoms with Gasteiger partial charge < -0.3 is 24.2 Å². The molecule has 0 N–H and O–H groups in total. The van der Waals surface area contributed by atoms with E-state index in [1.54, 1.807) is 55.9 Å². The third-order valence-corrected chi connectivity index (χ3v) is 11.6. The number of anilines is 1. The lowest BCUT2D eigenvalue weighted by Gasteiger charge is -2.54. The van der Waals surface area contributed by atoms with Gasteiger partial charge in [0.05, 0.1) is 48.2 Å². The molecule has 0 atom stereocenters. The first-order chi connectivity index (χ1) is 23.6. The van der Waals surface area contributed by atoms with Gasteiger partial charge in [0.2, 0.25) is 0 Å². The number of benzene rings is 3. The SMILES string of the molecule is COc1cc(-c2cnc3c(n2)c(-c2ccc(C(=O)N4CC5(COC5)C4)cc2)cn3S(=O)(=O)c2ccc(C)cc2)ccc1N1CCN(C)CC1. The normalized spacial score (nSPS) is 17.6. The van der Waals surface area contributed by atoms with Crippen LogP contribution in [0.15, 0.2) is 84.0 Å². The Labute approximate surface area is 285 Å². The number of ether oxygens (including phenoxy) is 2. The number of amides is 1. The number of nitrogens with zero attached hydrogens (tertiary/aromatic N) is 6. The number of aryl methyl sites for hydroxylation is 1.